The number of benzene rings is 2. The van der Waals surface area contributed by atoms with E-state index in [2.05, 4.69) is 15.5 Å². The number of hydrazone groups is 1. The number of halogens is 1. The summed E-state index contributed by atoms with van der Waals surface area (Å²) in [5, 5.41) is 3.91. The largest absolute Gasteiger partial charge is 0.457 e. The van der Waals surface area contributed by atoms with E-state index in [0.717, 1.165) is 5.56 Å². The summed E-state index contributed by atoms with van der Waals surface area (Å²) >= 11 is 0. The van der Waals surface area contributed by atoms with Crippen LogP contribution < -0.4 is 10.2 Å². The molecule has 3 aromatic rings. The van der Waals surface area contributed by atoms with Crippen molar-refractivity contribution in [3.05, 3.63) is 90.0 Å². The number of carbonyl (C=O) groups is 1. The molecule has 0 aliphatic rings. The highest BCUT2D eigenvalue weighted by Gasteiger charge is 2.02. The fourth-order valence-corrected chi connectivity index (χ4v) is 1.99. The van der Waals surface area contributed by atoms with Crippen molar-refractivity contribution in [1.82, 2.24) is 10.4 Å². The van der Waals surface area contributed by atoms with Gasteiger partial charge in [0.1, 0.15) is 17.3 Å². The number of aromatic nitrogens is 1. The number of nitrogens with one attached hydrogen (secondary N) is 1. The summed E-state index contributed by atoms with van der Waals surface area (Å²) in [6.45, 7) is 0. The van der Waals surface area contributed by atoms with E-state index in [1.54, 1.807) is 60.9 Å². The van der Waals surface area contributed by atoms with Gasteiger partial charge in [-0.15, -0.1) is 0 Å². The normalized spacial score (nSPS) is 10.6. The second-order valence-electron chi connectivity index (χ2n) is 5.06. The molecule has 1 N–H and O–H groups in total. The van der Waals surface area contributed by atoms with Crippen molar-refractivity contribution in [2.45, 2.75) is 0 Å². The Hall–Kier alpha value is -3.54. The quantitative estimate of drug-likeness (QED) is 0.570. The average molecular weight is 335 g/mol. The lowest BCUT2D eigenvalue weighted by Crippen LogP contribution is -2.17. The number of hydrogen-bond acceptors (Lipinski definition) is 4. The van der Waals surface area contributed by atoms with E-state index < -0.39 is 0 Å². The highest BCUT2D eigenvalue weighted by molar-refractivity contribution is 5.94. The van der Waals surface area contributed by atoms with Crippen LogP contribution in [0.25, 0.3) is 0 Å². The van der Waals surface area contributed by atoms with Gasteiger partial charge in [0.2, 0.25) is 0 Å². The van der Waals surface area contributed by atoms with Gasteiger partial charge in [0, 0.05) is 18.0 Å². The van der Waals surface area contributed by atoms with Crippen molar-refractivity contribution in [3.8, 4) is 11.5 Å². The molecule has 0 unspecified atom stereocenters. The maximum atomic E-state index is 12.9. The molecule has 0 aliphatic carbocycles. The molecular formula is C19H14FN3O2. The van der Waals surface area contributed by atoms with Crippen LogP contribution in [0, 0.1) is 5.82 Å². The van der Waals surface area contributed by atoms with Crippen LogP contribution in [-0.4, -0.2) is 17.1 Å². The second kappa shape index (κ2) is 7.83. The van der Waals surface area contributed by atoms with E-state index in [1.807, 2.05) is 0 Å². The average Bonchev–Trinajstić information content (AvgIpc) is 2.66. The minimum Gasteiger partial charge on any atom is -0.457 e. The minimum absolute atomic E-state index is 0.310. The Bertz CT molecular complexity index is 863. The zero-order valence-corrected chi connectivity index (χ0v) is 13.1. The van der Waals surface area contributed by atoms with E-state index >= 15 is 0 Å². The number of hydrogen-bond donors (Lipinski definition) is 1. The van der Waals surface area contributed by atoms with Crippen molar-refractivity contribution in [2.24, 2.45) is 5.10 Å². The molecule has 1 amide bonds. The highest BCUT2D eigenvalue weighted by Crippen LogP contribution is 2.21. The van der Waals surface area contributed by atoms with E-state index in [9.17, 15) is 9.18 Å². The summed E-state index contributed by atoms with van der Waals surface area (Å²) in [5.74, 6) is 0.541. The number of nitrogens with zero attached hydrogens (tertiary/aromatic N) is 2. The van der Waals surface area contributed by atoms with Crippen LogP contribution in [0.1, 0.15) is 15.9 Å². The van der Waals surface area contributed by atoms with E-state index in [0.29, 0.717) is 17.1 Å². The molecular weight excluding hydrogens is 321 g/mol. The number of ether oxygens (including phenoxy) is 1. The maximum Gasteiger partial charge on any atom is 0.271 e. The molecule has 3 rings (SSSR count). The number of amides is 1. The van der Waals surface area contributed by atoms with Gasteiger partial charge in [0.15, 0.2) is 0 Å². The monoisotopic (exact) mass is 335 g/mol. The summed E-state index contributed by atoms with van der Waals surface area (Å²) in [4.78, 5) is 15.7. The molecule has 0 fully saturated rings. The highest BCUT2D eigenvalue weighted by atomic mass is 19.1. The van der Waals surface area contributed by atoms with Crippen molar-refractivity contribution in [2.75, 3.05) is 0 Å². The van der Waals surface area contributed by atoms with Gasteiger partial charge in [-0.2, -0.15) is 5.10 Å². The molecule has 0 spiro atoms. The standard InChI is InChI=1S/C19H14FN3O2/c20-16-3-7-18(8-4-16)25-17-5-1-14(2-6-17)13-22-23-19(24)15-9-11-21-12-10-15/h1-13H,(H,23,24)/b22-13+. The first-order valence-corrected chi connectivity index (χ1v) is 7.47. The van der Waals surface area contributed by atoms with Gasteiger partial charge in [0.25, 0.3) is 5.91 Å². The van der Waals surface area contributed by atoms with Gasteiger partial charge in [-0.1, -0.05) is 0 Å². The van der Waals surface area contributed by atoms with Crippen LogP contribution in [-0.2, 0) is 0 Å². The third-order valence-corrected chi connectivity index (χ3v) is 3.25. The molecule has 0 aliphatic heterocycles. The second-order valence-corrected chi connectivity index (χ2v) is 5.06. The van der Waals surface area contributed by atoms with E-state index in [1.165, 1.54) is 18.3 Å². The molecule has 5 nitrogen and oxygen atoms in total. The molecule has 25 heavy (non-hydrogen) atoms. The smallest absolute Gasteiger partial charge is 0.271 e. The van der Waals surface area contributed by atoms with Gasteiger partial charge in [-0.3, -0.25) is 9.78 Å². The maximum absolute atomic E-state index is 12.9. The predicted octanol–water partition coefficient (Wildman–Crippen LogP) is 3.78. The van der Waals surface area contributed by atoms with Crippen LogP contribution in [0.3, 0.4) is 0 Å². The van der Waals surface area contributed by atoms with E-state index in [-0.39, 0.29) is 11.7 Å². The summed E-state index contributed by atoms with van der Waals surface area (Å²) in [6, 6.07) is 16.1. The Morgan fingerprint density at radius 3 is 2.20 bits per heavy atom. The molecule has 6 heteroatoms. The third kappa shape index (κ3) is 4.71. The molecule has 2 aromatic carbocycles. The lowest BCUT2D eigenvalue weighted by atomic mass is 10.2. The number of pyridine rings is 1. The van der Waals surface area contributed by atoms with Gasteiger partial charge in [-0.05, 0) is 66.2 Å². The van der Waals surface area contributed by atoms with Crippen molar-refractivity contribution in [1.29, 1.82) is 0 Å². The first-order valence-electron chi connectivity index (χ1n) is 7.47. The van der Waals surface area contributed by atoms with Gasteiger partial charge >= 0.3 is 0 Å². The zero-order chi connectivity index (χ0) is 17.5. The topological polar surface area (TPSA) is 63.6 Å². The lowest BCUT2D eigenvalue weighted by Gasteiger charge is -2.05. The first-order chi connectivity index (χ1) is 12.2. The Morgan fingerprint density at radius 2 is 1.56 bits per heavy atom. The lowest BCUT2D eigenvalue weighted by molar-refractivity contribution is 0.0955. The van der Waals surface area contributed by atoms with Crippen molar-refractivity contribution < 1.29 is 13.9 Å². The first kappa shape index (κ1) is 16.3. The van der Waals surface area contributed by atoms with E-state index in [4.69, 9.17) is 4.74 Å². The van der Waals surface area contributed by atoms with Crippen molar-refractivity contribution in [3.63, 3.8) is 0 Å². The summed E-state index contributed by atoms with van der Waals surface area (Å²) in [7, 11) is 0. The fourth-order valence-electron chi connectivity index (χ4n) is 1.99. The van der Waals surface area contributed by atoms with Crippen LogP contribution in [0.5, 0.6) is 11.5 Å². The van der Waals surface area contributed by atoms with Crippen LogP contribution in [0.2, 0.25) is 0 Å². The summed E-state index contributed by atoms with van der Waals surface area (Å²) in [5.41, 5.74) is 3.72. The molecule has 1 heterocycles. The third-order valence-electron chi connectivity index (χ3n) is 3.25. The fraction of sp³-hybridized carbons (Fsp3) is 0. The van der Waals surface area contributed by atoms with Gasteiger partial charge < -0.3 is 4.74 Å². The van der Waals surface area contributed by atoms with Crippen molar-refractivity contribution >= 4 is 12.1 Å². The SMILES string of the molecule is O=C(N/N=C/c1ccc(Oc2ccc(F)cc2)cc1)c1ccncc1. The molecule has 0 radical (unpaired) electrons. The summed E-state index contributed by atoms with van der Waals surface area (Å²) < 4.78 is 18.5. The Morgan fingerprint density at radius 1 is 0.960 bits per heavy atom. The zero-order valence-electron chi connectivity index (χ0n) is 13.1. The molecule has 0 saturated carbocycles. The molecule has 1 aromatic heterocycles. The molecule has 0 bridgehead atoms. The predicted molar refractivity (Wildman–Crippen MR) is 92.2 cm³/mol. The number of carbonyl (C=O) groups excluding carboxylic acids is 1. The van der Waals surface area contributed by atoms with Gasteiger partial charge in [-0.25, -0.2) is 9.82 Å². The number of rotatable bonds is 5. The van der Waals surface area contributed by atoms with Crippen LogP contribution in [0.4, 0.5) is 4.39 Å². The summed E-state index contributed by atoms with van der Waals surface area (Å²) in [6.07, 6.45) is 4.61. The Kier molecular flexibility index (Phi) is 5.11. The van der Waals surface area contributed by atoms with Crippen LogP contribution >= 0.6 is 0 Å². The van der Waals surface area contributed by atoms with Gasteiger partial charge in [0.05, 0.1) is 6.21 Å². The Labute approximate surface area is 143 Å². The Balaban J connectivity index is 1.57. The minimum atomic E-state index is -0.312. The van der Waals surface area contributed by atoms with Crippen LogP contribution in [0.15, 0.2) is 78.2 Å². The molecule has 0 saturated heterocycles. The molecule has 0 atom stereocenters. The molecule has 124 valence electrons.